The van der Waals surface area contributed by atoms with Crippen molar-refractivity contribution in [1.29, 1.82) is 0 Å². The minimum atomic E-state index is -0.661. The fraction of sp³-hybridized carbons (Fsp3) is 0.318. The lowest BCUT2D eigenvalue weighted by atomic mass is 9.99. The lowest BCUT2D eigenvalue weighted by Crippen LogP contribution is -2.36. The Balaban J connectivity index is 1.73. The second-order valence-corrected chi connectivity index (χ2v) is 9.06. The van der Waals surface area contributed by atoms with Crippen LogP contribution in [0.25, 0.3) is 10.9 Å². The van der Waals surface area contributed by atoms with Gasteiger partial charge < -0.3 is 9.64 Å². The molecule has 0 fully saturated rings. The molecule has 0 saturated heterocycles. The summed E-state index contributed by atoms with van der Waals surface area (Å²) in [7, 11) is 0. The van der Waals surface area contributed by atoms with Crippen LogP contribution in [0.2, 0.25) is 0 Å². The molecule has 0 aliphatic carbocycles. The van der Waals surface area contributed by atoms with Crippen molar-refractivity contribution in [3.8, 4) is 0 Å². The van der Waals surface area contributed by atoms with E-state index >= 15 is 0 Å². The van der Waals surface area contributed by atoms with E-state index in [2.05, 4.69) is 27.1 Å². The van der Waals surface area contributed by atoms with Crippen molar-refractivity contribution in [3.05, 3.63) is 63.8 Å². The molecule has 150 valence electrons. The topological polar surface area (TPSA) is 64.4 Å². The first-order valence-electron chi connectivity index (χ1n) is 9.50. The van der Waals surface area contributed by atoms with Gasteiger partial charge in [0.15, 0.2) is 5.69 Å². The predicted octanol–water partition coefficient (Wildman–Crippen LogP) is 4.78. The monoisotopic (exact) mass is 455 g/mol. The van der Waals surface area contributed by atoms with Crippen LogP contribution in [0.5, 0.6) is 0 Å². The average Bonchev–Trinajstić information content (AvgIpc) is 3.04. The fourth-order valence-corrected chi connectivity index (χ4v) is 3.87. The Hall–Kier alpha value is -2.67. The third kappa shape index (κ3) is 3.92. The summed E-state index contributed by atoms with van der Waals surface area (Å²) in [5, 5.41) is 5.00. The largest absolute Gasteiger partial charge is 0.442 e. The standard InChI is InChI=1S/C22H22BrN3O3/c1-22(2,3)29-21(28)26-18-9-8-16(23)12-17(18)19(24-26)20(27)25-11-10-14-6-4-5-7-15(14)13-25/h4-9,12H,10-11,13H2,1-3H3. The van der Waals surface area contributed by atoms with Crippen LogP contribution in [0.3, 0.4) is 0 Å². The molecule has 1 amide bonds. The number of amides is 1. The SMILES string of the molecule is CC(C)(C)OC(=O)n1nc(C(=O)N2CCc3ccccc3C2)c2cc(Br)ccc21. The molecule has 6 nitrogen and oxygen atoms in total. The summed E-state index contributed by atoms with van der Waals surface area (Å²) >= 11 is 3.45. The van der Waals surface area contributed by atoms with Crippen LogP contribution in [0.1, 0.15) is 42.4 Å². The van der Waals surface area contributed by atoms with Crippen LogP contribution in [0, 0.1) is 0 Å². The third-order valence-corrected chi connectivity index (χ3v) is 5.32. The maximum absolute atomic E-state index is 13.3. The van der Waals surface area contributed by atoms with Crippen molar-refractivity contribution in [1.82, 2.24) is 14.7 Å². The second kappa shape index (κ2) is 7.30. The first-order valence-corrected chi connectivity index (χ1v) is 10.3. The Morgan fingerprint density at radius 3 is 2.55 bits per heavy atom. The summed E-state index contributed by atoms with van der Waals surface area (Å²) in [6.45, 7) is 6.54. The number of nitrogens with zero attached hydrogens (tertiary/aromatic N) is 3. The summed E-state index contributed by atoms with van der Waals surface area (Å²) in [6, 6.07) is 13.5. The number of aromatic nitrogens is 2. The van der Waals surface area contributed by atoms with Crippen LogP contribution in [0.15, 0.2) is 46.9 Å². The van der Waals surface area contributed by atoms with Crippen LogP contribution < -0.4 is 0 Å². The van der Waals surface area contributed by atoms with Crippen molar-refractivity contribution in [3.63, 3.8) is 0 Å². The van der Waals surface area contributed by atoms with Gasteiger partial charge in [-0.2, -0.15) is 9.78 Å². The molecule has 7 heteroatoms. The number of benzene rings is 2. The zero-order valence-corrected chi connectivity index (χ0v) is 18.2. The summed E-state index contributed by atoms with van der Waals surface area (Å²) in [4.78, 5) is 27.8. The van der Waals surface area contributed by atoms with E-state index in [-0.39, 0.29) is 11.6 Å². The lowest BCUT2D eigenvalue weighted by molar-refractivity contribution is 0.0521. The van der Waals surface area contributed by atoms with Gasteiger partial charge in [-0.05, 0) is 56.5 Å². The van der Waals surface area contributed by atoms with E-state index in [1.807, 2.05) is 30.3 Å². The smallest absolute Gasteiger partial charge is 0.435 e. The molecule has 2 aromatic carbocycles. The van der Waals surface area contributed by atoms with Crippen LogP contribution >= 0.6 is 15.9 Å². The number of hydrogen-bond donors (Lipinski definition) is 0. The summed E-state index contributed by atoms with van der Waals surface area (Å²) in [6.07, 6.45) is 0.198. The maximum atomic E-state index is 13.3. The Kier molecular flexibility index (Phi) is 4.94. The quantitative estimate of drug-likeness (QED) is 0.529. The van der Waals surface area contributed by atoms with Gasteiger partial charge in [-0.1, -0.05) is 40.2 Å². The maximum Gasteiger partial charge on any atom is 0.435 e. The third-order valence-electron chi connectivity index (χ3n) is 4.83. The number of hydrogen-bond acceptors (Lipinski definition) is 4. The van der Waals surface area contributed by atoms with E-state index in [1.165, 1.54) is 10.2 Å². The van der Waals surface area contributed by atoms with Crippen molar-refractivity contribution in [2.45, 2.75) is 39.3 Å². The Labute approximate surface area is 177 Å². The number of rotatable bonds is 1. The van der Waals surface area contributed by atoms with E-state index in [1.54, 1.807) is 31.7 Å². The Bertz CT molecular complexity index is 1110. The molecule has 3 aromatic rings. The molecular formula is C22H22BrN3O3. The average molecular weight is 456 g/mol. The van der Waals surface area contributed by atoms with Crippen molar-refractivity contribution < 1.29 is 14.3 Å². The van der Waals surface area contributed by atoms with E-state index < -0.39 is 11.7 Å². The van der Waals surface area contributed by atoms with Gasteiger partial charge in [-0.3, -0.25) is 4.79 Å². The molecule has 29 heavy (non-hydrogen) atoms. The zero-order valence-electron chi connectivity index (χ0n) is 16.6. The van der Waals surface area contributed by atoms with Crippen LogP contribution in [-0.4, -0.2) is 38.8 Å². The van der Waals surface area contributed by atoms with Crippen LogP contribution in [-0.2, 0) is 17.7 Å². The van der Waals surface area contributed by atoms with Gasteiger partial charge >= 0.3 is 6.09 Å². The summed E-state index contributed by atoms with van der Waals surface area (Å²) in [5.41, 5.74) is 2.55. The van der Waals surface area contributed by atoms with E-state index in [4.69, 9.17) is 4.74 Å². The minimum Gasteiger partial charge on any atom is -0.442 e. The van der Waals surface area contributed by atoms with Gasteiger partial charge in [0.1, 0.15) is 5.60 Å². The van der Waals surface area contributed by atoms with E-state index in [0.29, 0.717) is 24.0 Å². The molecule has 0 atom stereocenters. The molecule has 4 rings (SSSR count). The normalized spacial score (nSPS) is 14.0. The molecule has 0 bridgehead atoms. The molecule has 1 aliphatic heterocycles. The second-order valence-electron chi connectivity index (χ2n) is 8.15. The first kappa shape index (κ1) is 19.6. The Morgan fingerprint density at radius 2 is 1.83 bits per heavy atom. The molecule has 0 saturated carbocycles. The number of halogens is 1. The summed E-state index contributed by atoms with van der Waals surface area (Å²) < 4.78 is 7.46. The van der Waals surface area contributed by atoms with Gasteiger partial charge in [0.05, 0.1) is 5.52 Å². The number of carbonyl (C=O) groups is 2. The molecule has 1 aliphatic rings. The highest BCUT2D eigenvalue weighted by atomic mass is 79.9. The molecule has 0 spiro atoms. The molecule has 1 aromatic heterocycles. The van der Waals surface area contributed by atoms with Gasteiger partial charge in [-0.15, -0.1) is 0 Å². The van der Waals surface area contributed by atoms with Gasteiger partial charge in [-0.25, -0.2) is 4.79 Å². The minimum absolute atomic E-state index is 0.190. The van der Waals surface area contributed by atoms with Crippen molar-refractivity contribution in [2.75, 3.05) is 6.54 Å². The Morgan fingerprint density at radius 1 is 1.10 bits per heavy atom. The molecular weight excluding hydrogens is 434 g/mol. The predicted molar refractivity (Wildman–Crippen MR) is 114 cm³/mol. The van der Waals surface area contributed by atoms with Crippen LogP contribution in [0.4, 0.5) is 4.79 Å². The number of carbonyl (C=O) groups excluding carboxylic acids is 2. The molecule has 0 unspecified atom stereocenters. The highest BCUT2D eigenvalue weighted by Crippen LogP contribution is 2.27. The lowest BCUT2D eigenvalue weighted by Gasteiger charge is -2.28. The number of fused-ring (bicyclic) bond motifs is 2. The van der Waals surface area contributed by atoms with E-state index in [0.717, 1.165) is 16.5 Å². The van der Waals surface area contributed by atoms with E-state index in [9.17, 15) is 9.59 Å². The van der Waals surface area contributed by atoms with Gasteiger partial charge in [0.2, 0.25) is 0 Å². The van der Waals surface area contributed by atoms with Gasteiger partial charge in [0, 0.05) is 22.9 Å². The molecule has 2 heterocycles. The van der Waals surface area contributed by atoms with Crippen molar-refractivity contribution >= 4 is 38.8 Å². The molecule has 0 N–H and O–H groups in total. The summed E-state index contributed by atoms with van der Waals surface area (Å²) in [5.74, 6) is -0.190. The van der Waals surface area contributed by atoms with Crippen molar-refractivity contribution in [2.24, 2.45) is 0 Å². The fourth-order valence-electron chi connectivity index (χ4n) is 3.51. The highest BCUT2D eigenvalue weighted by Gasteiger charge is 2.28. The first-order chi connectivity index (χ1) is 13.7. The van der Waals surface area contributed by atoms with Gasteiger partial charge in [0.25, 0.3) is 5.91 Å². The zero-order chi connectivity index (χ0) is 20.8. The highest BCUT2D eigenvalue weighted by molar-refractivity contribution is 9.10. The molecule has 0 radical (unpaired) electrons. The number of ether oxygens (including phenoxy) is 1.